The lowest BCUT2D eigenvalue weighted by Gasteiger charge is -2.06. The molecule has 1 aromatic heterocycles. The molecule has 0 spiro atoms. The molecule has 0 saturated heterocycles. The predicted molar refractivity (Wildman–Crippen MR) is 89.7 cm³/mol. The van der Waals surface area contributed by atoms with Crippen LogP contribution < -0.4 is 24.4 Å². The molecule has 0 radical (unpaired) electrons. The topological polar surface area (TPSA) is 67.1 Å². The molecular weight excluding hydrogens is 324 g/mol. The van der Waals surface area contributed by atoms with Gasteiger partial charge in [0.1, 0.15) is 11.2 Å². The average molecular weight is 334 g/mol. The molecule has 6 rings (SSSR count). The summed E-state index contributed by atoms with van der Waals surface area (Å²) in [5.41, 5.74) is 0.888. The van der Waals surface area contributed by atoms with Crippen molar-refractivity contribution < 1.29 is 23.4 Å². The highest BCUT2D eigenvalue weighted by Gasteiger charge is 2.19. The van der Waals surface area contributed by atoms with Gasteiger partial charge >= 0.3 is 0 Å². The molecule has 2 aliphatic heterocycles. The van der Waals surface area contributed by atoms with Crippen molar-refractivity contribution in [3.8, 4) is 23.0 Å². The maximum Gasteiger partial charge on any atom is 0.231 e. The summed E-state index contributed by atoms with van der Waals surface area (Å²) in [4.78, 5) is 13.0. The van der Waals surface area contributed by atoms with Crippen molar-refractivity contribution in [1.82, 2.24) is 0 Å². The zero-order valence-corrected chi connectivity index (χ0v) is 12.8. The quantitative estimate of drug-likeness (QED) is 0.458. The van der Waals surface area contributed by atoms with E-state index in [-0.39, 0.29) is 19.0 Å². The van der Waals surface area contributed by atoms with E-state index in [0.717, 1.165) is 10.8 Å². The average Bonchev–Trinajstić information content (AvgIpc) is 3.25. The van der Waals surface area contributed by atoms with Crippen LogP contribution in [0.5, 0.6) is 23.0 Å². The third kappa shape index (κ3) is 1.71. The van der Waals surface area contributed by atoms with Crippen molar-refractivity contribution in [3.63, 3.8) is 0 Å². The maximum atomic E-state index is 13.0. The van der Waals surface area contributed by atoms with Crippen LogP contribution >= 0.6 is 0 Å². The predicted octanol–water partition coefficient (Wildman–Crippen LogP) is 3.56. The number of rotatable bonds is 0. The van der Waals surface area contributed by atoms with E-state index >= 15 is 0 Å². The van der Waals surface area contributed by atoms with E-state index in [9.17, 15) is 4.79 Å². The molecule has 6 heteroatoms. The Kier molecular flexibility index (Phi) is 2.26. The van der Waals surface area contributed by atoms with Gasteiger partial charge in [0.25, 0.3) is 0 Å². The van der Waals surface area contributed by atoms with Gasteiger partial charge in [-0.05, 0) is 41.1 Å². The van der Waals surface area contributed by atoms with Crippen molar-refractivity contribution in [2.45, 2.75) is 0 Å². The molecule has 0 saturated carbocycles. The first-order valence-electron chi connectivity index (χ1n) is 7.80. The maximum absolute atomic E-state index is 13.0. The summed E-state index contributed by atoms with van der Waals surface area (Å²) in [5, 5.41) is 2.79. The molecule has 0 atom stereocenters. The van der Waals surface area contributed by atoms with Gasteiger partial charge in [0.15, 0.2) is 23.0 Å². The molecule has 0 unspecified atom stereocenters. The van der Waals surface area contributed by atoms with E-state index < -0.39 is 0 Å². The van der Waals surface area contributed by atoms with Gasteiger partial charge in [-0.25, -0.2) is 0 Å². The highest BCUT2D eigenvalue weighted by molar-refractivity contribution is 6.00. The van der Waals surface area contributed by atoms with Crippen LogP contribution in [0.1, 0.15) is 0 Å². The van der Waals surface area contributed by atoms with Crippen LogP contribution in [0.15, 0.2) is 45.6 Å². The Hall–Kier alpha value is -3.41. The summed E-state index contributed by atoms with van der Waals surface area (Å²) in [6, 6.07) is 10.8. The van der Waals surface area contributed by atoms with Crippen LogP contribution in [0.3, 0.4) is 0 Å². The summed E-state index contributed by atoms with van der Waals surface area (Å²) in [6.45, 7) is 0.354. The lowest BCUT2D eigenvalue weighted by Crippen LogP contribution is -2.02. The molecule has 4 aromatic rings. The third-order valence-electron chi connectivity index (χ3n) is 4.61. The molecule has 3 aromatic carbocycles. The van der Waals surface area contributed by atoms with Crippen LogP contribution in [0.25, 0.3) is 32.7 Å². The summed E-state index contributed by atoms with van der Waals surface area (Å²) in [6.07, 6.45) is 0. The largest absolute Gasteiger partial charge is 0.456 e. The normalized spacial score (nSPS) is 14.7. The van der Waals surface area contributed by atoms with Gasteiger partial charge < -0.3 is 23.4 Å². The molecule has 122 valence electrons. The van der Waals surface area contributed by atoms with Crippen molar-refractivity contribution in [3.05, 3.63) is 46.6 Å². The lowest BCUT2D eigenvalue weighted by molar-refractivity contribution is 0.173. The van der Waals surface area contributed by atoms with Crippen LogP contribution in [-0.2, 0) is 0 Å². The van der Waals surface area contributed by atoms with E-state index in [1.54, 1.807) is 12.1 Å². The first kappa shape index (κ1) is 12.9. The molecular formula is C19H10O6. The number of benzene rings is 3. The van der Waals surface area contributed by atoms with Gasteiger partial charge in [-0.2, -0.15) is 0 Å². The summed E-state index contributed by atoms with van der Waals surface area (Å²) >= 11 is 0. The van der Waals surface area contributed by atoms with Crippen molar-refractivity contribution in [1.29, 1.82) is 0 Å². The van der Waals surface area contributed by atoms with E-state index in [4.69, 9.17) is 23.4 Å². The Morgan fingerprint density at radius 1 is 0.600 bits per heavy atom. The number of ether oxygens (including phenoxy) is 4. The first-order chi connectivity index (χ1) is 12.3. The zero-order chi connectivity index (χ0) is 16.5. The van der Waals surface area contributed by atoms with Crippen LogP contribution in [-0.4, -0.2) is 13.6 Å². The Morgan fingerprint density at radius 3 is 1.84 bits per heavy atom. The van der Waals surface area contributed by atoms with Gasteiger partial charge in [-0.15, -0.1) is 0 Å². The van der Waals surface area contributed by atoms with E-state index in [1.807, 2.05) is 24.3 Å². The Morgan fingerprint density at radius 2 is 1.12 bits per heavy atom. The van der Waals surface area contributed by atoms with Gasteiger partial charge in [0.2, 0.25) is 19.0 Å². The monoisotopic (exact) mass is 334 g/mol. The standard InChI is InChI=1S/C19H10O6/c20-19-11-1-9-3-15-16(22-7-21-15)4-10(9)2-13(11)25-14-6-18-17(5-12(14)19)23-8-24-18/h1-6H,7-8H2. The summed E-state index contributed by atoms with van der Waals surface area (Å²) < 4.78 is 27.5. The Labute approximate surface area is 140 Å². The number of fused-ring (bicyclic) bond motifs is 5. The number of hydrogen-bond acceptors (Lipinski definition) is 6. The van der Waals surface area contributed by atoms with Crippen molar-refractivity contribution in [2.75, 3.05) is 13.6 Å². The van der Waals surface area contributed by atoms with Gasteiger partial charge in [0.05, 0.1) is 10.8 Å². The minimum absolute atomic E-state index is 0.103. The smallest absolute Gasteiger partial charge is 0.231 e. The molecule has 2 aliphatic rings. The second kappa shape index (κ2) is 4.36. The van der Waals surface area contributed by atoms with Gasteiger partial charge in [0, 0.05) is 6.07 Å². The van der Waals surface area contributed by atoms with E-state index in [2.05, 4.69) is 0 Å². The molecule has 0 amide bonds. The second-order valence-corrected chi connectivity index (χ2v) is 6.03. The fourth-order valence-electron chi connectivity index (χ4n) is 3.38. The molecule has 25 heavy (non-hydrogen) atoms. The lowest BCUT2D eigenvalue weighted by atomic mass is 10.0. The van der Waals surface area contributed by atoms with Gasteiger partial charge in [-0.3, -0.25) is 4.79 Å². The van der Waals surface area contributed by atoms with Crippen LogP contribution in [0.2, 0.25) is 0 Å². The highest BCUT2D eigenvalue weighted by Crippen LogP contribution is 2.39. The summed E-state index contributed by atoms with van der Waals surface area (Å²) in [7, 11) is 0. The molecule has 0 aliphatic carbocycles. The molecule has 0 N–H and O–H groups in total. The zero-order valence-electron chi connectivity index (χ0n) is 12.8. The van der Waals surface area contributed by atoms with Crippen molar-refractivity contribution in [2.24, 2.45) is 0 Å². The Balaban J connectivity index is 1.73. The molecule has 0 fully saturated rings. The van der Waals surface area contributed by atoms with Crippen LogP contribution in [0.4, 0.5) is 0 Å². The minimum atomic E-state index is -0.103. The van der Waals surface area contributed by atoms with E-state index in [1.165, 1.54) is 0 Å². The van der Waals surface area contributed by atoms with Gasteiger partial charge in [-0.1, -0.05) is 0 Å². The van der Waals surface area contributed by atoms with Crippen LogP contribution in [0, 0.1) is 0 Å². The highest BCUT2D eigenvalue weighted by atomic mass is 16.7. The molecule has 0 bridgehead atoms. The SMILES string of the molecule is O=c1c2cc3c(cc2oc2cc4cc5c(cc4cc12)OCO5)OCO3. The second-order valence-electron chi connectivity index (χ2n) is 6.03. The Bertz CT molecular complexity index is 1270. The molecule has 3 heterocycles. The minimum Gasteiger partial charge on any atom is -0.456 e. The van der Waals surface area contributed by atoms with E-state index in [0.29, 0.717) is 44.9 Å². The fourth-order valence-corrected chi connectivity index (χ4v) is 3.38. The fraction of sp³-hybridized carbons (Fsp3) is 0.105. The molecule has 6 nitrogen and oxygen atoms in total. The third-order valence-corrected chi connectivity index (χ3v) is 4.61. The number of hydrogen-bond donors (Lipinski definition) is 0. The van der Waals surface area contributed by atoms with Crippen molar-refractivity contribution >= 4 is 32.7 Å². The first-order valence-corrected chi connectivity index (χ1v) is 7.80. The summed E-state index contributed by atoms with van der Waals surface area (Å²) in [5.74, 6) is 2.52.